The van der Waals surface area contributed by atoms with Crippen molar-refractivity contribution in [1.29, 1.82) is 0 Å². The van der Waals surface area contributed by atoms with Crippen LogP contribution in [0.25, 0.3) is 0 Å². The standard InChI is InChI=1S/C16H24N2O4/c1-16(11-19)8-2-6-13(16)18-14(20)7-3-9-17-15(21)12-5-4-10-22-12/h4-5,10,13,19H,2-3,6-9,11H2,1H3,(H,17,21)(H,18,20). The highest BCUT2D eigenvalue weighted by Gasteiger charge is 2.38. The molecule has 0 saturated heterocycles. The third-order valence-corrected chi connectivity index (χ3v) is 4.39. The van der Waals surface area contributed by atoms with Crippen molar-refractivity contribution >= 4 is 11.8 Å². The molecule has 6 heteroatoms. The van der Waals surface area contributed by atoms with Crippen molar-refractivity contribution in [1.82, 2.24) is 10.6 Å². The Balaban J connectivity index is 1.65. The van der Waals surface area contributed by atoms with Gasteiger partial charge < -0.3 is 20.2 Å². The summed E-state index contributed by atoms with van der Waals surface area (Å²) >= 11 is 0. The molecule has 2 unspecified atom stereocenters. The molecule has 22 heavy (non-hydrogen) atoms. The number of carbonyl (C=O) groups excluding carboxylic acids is 2. The van der Waals surface area contributed by atoms with Crippen LogP contribution in [-0.4, -0.2) is 36.1 Å². The van der Waals surface area contributed by atoms with Crippen molar-refractivity contribution in [3.63, 3.8) is 0 Å². The van der Waals surface area contributed by atoms with E-state index < -0.39 is 0 Å². The smallest absolute Gasteiger partial charge is 0.286 e. The van der Waals surface area contributed by atoms with Crippen LogP contribution in [0.3, 0.4) is 0 Å². The largest absolute Gasteiger partial charge is 0.459 e. The first-order valence-electron chi connectivity index (χ1n) is 7.77. The van der Waals surface area contributed by atoms with Gasteiger partial charge in [-0.05, 0) is 31.4 Å². The molecule has 1 fully saturated rings. The molecule has 1 aromatic heterocycles. The summed E-state index contributed by atoms with van der Waals surface area (Å²) < 4.78 is 4.98. The van der Waals surface area contributed by atoms with E-state index in [-0.39, 0.29) is 35.6 Å². The molecular formula is C16H24N2O4. The summed E-state index contributed by atoms with van der Waals surface area (Å²) in [5.74, 6) is -0.0259. The van der Waals surface area contributed by atoms with Crippen LogP contribution in [0.15, 0.2) is 22.8 Å². The summed E-state index contributed by atoms with van der Waals surface area (Å²) in [5, 5.41) is 15.2. The molecule has 3 N–H and O–H groups in total. The van der Waals surface area contributed by atoms with Gasteiger partial charge in [0.25, 0.3) is 5.91 Å². The highest BCUT2D eigenvalue weighted by molar-refractivity contribution is 5.91. The van der Waals surface area contributed by atoms with Gasteiger partial charge in [-0.25, -0.2) is 0 Å². The highest BCUT2D eigenvalue weighted by Crippen LogP contribution is 2.37. The minimum absolute atomic E-state index is 0.0289. The third-order valence-electron chi connectivity index (χ3n) is 4.39. The molecular weight excluding hydrogens is 284 g/mol. The van der Waals surface area contributed by atoms with Crippen LogP contribution >= 0.6 is 0 Å². The van der Waals surface area contributed by atoms with Crippen molar-refractivity contribution in [3.8, 4) is 0 Å². The van der Waals surface area contributed by atoms with Crippen LogP contribution in [-0.2, 0) is 4.79 Å². The number of hydrogen-bond donors (Lipinski definition) is 3. The number of amides is 2. The predicted molar refractivity (Wildman–Crippen MR) is 81.2 cm³/mol. The number of hydrogen-bond acceptors (Lipinski definition) is 4. The Bertz CT molecular complexity index is 500. The fraction of sp³-hybridized carbons (Fsp3) is 0.625. The second-order valence-corrected chi connectivity index (χ2v) is 6.16. The molecule has 0 bridgehead atoms. The molecule has 1 saturated carbocycles. The number of furan rings is 1. The SMILES string of the molecule is CC1(CO)CCCC1NC(=O)CCCNC(=O)c1ccco1. The lowest BCUT2D eigenvalue weighted by Crippen LogP contribution is -2.44. The summed E-state index contributed by atoms with van der Waals surface area (Å²) in [7, 11) is 0. The van der Waals surface area contributed by atoms with Gasteiger partial charge in [-0.3, -0.25) is 9.59 Å². The van der Waals surface area contributed by atoms with Crippen molar-refractivity contribution in [2.24, 2.45) is 5.41 Å². The minimum atomic E-state index is -0.269. The first-order valence-corrected chi connectivity index (χ1v) is 7.77. The maximum Gasteiger partial charge on any atom is 0.286 e. The average molecular weight is 308 g/mol. The van der Waals surface area contributed by atoms with E-state index in [0.717, 1.165) is 19.3 Å². The molecule has 0 aromatic carbocycles. The monoisotopic (exact) mass is 308 g/mol. The Labute approximate surface area is 130 Å². The second-order valence-electron chi connectivity index (χ2n) is 6.16. The van der Waals surface area contributed by atoms with E-state index in [1.807, 2.05) is 6.92 Å². The van der Waals surface area contributed by atoms with Crippen LogP contribution in [0.2, 0.25) is 0 Å². The average Bonchev–Trinajstić information content (AvgIpc) is 3.15. The van der Waals surface area contributed by atoms with Crippen LogP contribution in [0, 0.1) is 5.41 Å². The van der Waals surface area contributed by atoms with E-state index in [2.05, 4.69) is 10.6 Å². The molecule has 1 aromatic rings. The van der Waals surface area contributed by atoms with Gasteiger partial charge in [-0.15, -0.1) is 0 Å². The molecule has 1 aliphatic rings. The molecule has 0 radical (unpaired) electrons. The lowest BCUT2D eigenvalue weighted by molar-refractivity contribution is -0.122. The molecule has 1 aliphatic carbocycles. The lowest BCUT2D eigenvalue weighted by Gasteiger charge is -2.30. The fourth-order valence-electron chi connectivity index (χ4n) is 2.88. The topological polar surface area (TPSA) is 91.6 Å². The zero-order valence-corrected chi connectivity index (χ0v) is 12.9. The van der Waals surface area contributed by atoms with Crippen LogP contribution in [0.4, 0.5) is 0 Å². The maximum atomic E-state index is 12.0. The summed E-state index contributed by atoms with van der Waals surface area (Å²) in [4.78, 5) is 23.6. The van der Waals surface area contributed by atoms with E-state index >= 15 is 0 Å². The van der Waals surface area contributed by atoms with Gasteiger partial charge in [-0.1, -0.05) is 13.3 Å². The van der Waals surface area contributed by atoms with Gasteiger partial charge in [0.05, 0.1) is 12.9 Å². The van der Waals surface area contributed by atoms with Gasteiger partial charge in [0, 0.05) is 24.4 Å². The summed E-state index contributed by atoms with van der Waals surface area (Å²) in [6.45, 7) is 2.53. The van der Waals surface area contributed by atoms with Gasteiger partial charge in [-0.2, -0.15) is 0 Å². The Hall–Kier alpha value is -1.82. The van der Waals surface area contributed by atoms with Crippen molar-refractivity contribution in [2.45, 2.75) is 45.1 Å². The summed E-state index contributed by atoms with van der Waals surface area (Å²) in [6.07, 6.45) is 5.26. The van der Waals surface area contributed by atoms with Crippen LogP contribution in [0.1, 0.15) is 49.6 Å². The zero-order chi connectivity index (χ0) is 16.0. The molecule has 0 aliphatic heterocycles. The number of carbonyl (C=O) groups is 2. The second kappa shape index (κ2) is 7.45. The number of aliphatic hydroxyl groups is 1. The van der Waals surface area contributed by atoms with E-state index in [9.17, 15) is 14.7 Å². The van der Waals surface area contributed by atoms with Crippen molar-refractivity contribution < 1.29 is 19.1 Å². The molecule has 2 atom stereocenters. The molecule has 0 spiro atoms. The molecule has 2 amide bonds. The van der Waals surface area contributed by atoms with Gasteiger partial charge in [0.2, 0.25) is 5.91 Å². The number of aliphatic hydroxyl groups excluding tert-OH is 1. The minimum Gasteiger partial charge on any atom is -0.459 e. The number of rotatable bonds is 7. The van der Waals surface area contributed by atoms with E-state index in [4.69, 9.17) is 4.42 Å². The third kappa shape index (κ3) is 4.10. The number of nitrogens with one attached hydrogen (secondary N) is 2. The van der Waals surface area contributed by atoms with Gasteiger partial charge >= 0.3 is 0 Å². The van der Waals surface area contributed by atoms with E-state index in [0.29, 0.717) is 19.4 Å². The van der Waals surface area contributed by atoms with Crippen LogP contribution in [0.5, 0.6) is 0 Å². The first kappa shape index (κ1) is 16.5. The quantitative estimate of drug-likeness (QED) is 0.665. The van der Waals surface area contributed by atoms with Crippen molar-refractivity contribution in [2.75, 3.05) is 13.2 Å². The Morgan fingerprint density at radius 1 is 1.50 bits per heavy atom. The van der Waals surface area contributed by atoms with Gasteiger partial charge in [0.15, 0.2) is 5.76 Å². The van der Waals surface area contributed by atoms with Gasteiger partial charge in [0.1, 0.15) is 0 Å². The zero-order valence-electron chi connectivity index (χ0n) is 12.9. The van der Waals surface area contributed by atoms with Crippen LogP contribution < -0.4 is 10.6 Å². The Morgan fingerprint density at radius 2 is 2.32 bits per heavy atom. The fourth-order valence-corrected chi connectivity index (χ4v) is 2.88. The molecule has 6 nitrogen and oxygen atoms in total. The summed E-state index contributed by atoms with van der Waals surface area (Å²) in [6, 6.07) is 3.29. The van der Waals surface area contributed by atoms with E-state index in [1.54, 1.807) is 12.1 Å². The lowest BCUT2D eigenvalue weighted by atomic mass is 9.86. The van der Waals surface area contributed by atoms with E-state index in [1.165, 1.54) is 6.26 Å². The predicted octanol–water partition coefficient (Wildman–Crippen LogP) is 1.46. The maximum absolute atomic E-state index is 12.0. The molecule has 1 heterocycles. The Kier molecular flexibility index (Phi) is 5.60. The molecule has 122 valence electrons. The summed E-state index contributed by atoms with van der Waals surface area (Å²) in [5.41, 5.74) is -0.205. The Morgan fingerprint density at radius 3 is 3.00 bits per heavy atom. The van der Waals surface area contributed by atoms with Crippen molar-refractivity contribution in [3.05, 3.63) is 24.2 Å². The first-order chi connectivity index (χ1) is 10.5. The normalized spacial score (nSPS) is 24.2. The highest BCUT2D eigenvalue weighted by atomic mass is 16.3. The molecule has 2 rings (SSSR count).